The normalized spacial score (nSPS) is 12.1. The van der Waals surface area contributed by atoms with Gasteiger partial charge in [0.2, 0.25) is 12.7 Å². The average Bonchev–Trinajstić information content (AvgIpc) is 3.08. The number of amides is 1. The first-order chi connectivity index (χ1) is 12.6. The van der Waals surface area contributed by atoms with Crippen LogP contribution in [-0.2, 0) is 0 Å². The minimum absolute atomic E-state index is 0.200. The molecule has 0 bridgehead atoms. The molecular formula is C19H24N4O3. The molecule has 1 aromatic carbocycles. The second kappa shape index (κ2) is 8.03. The number of carbonyl (C=O) groups is 1. The van der Waals surface area contributed by atoms with Crippen LogP contribution in [-0.4, -0.2) is 35.8 Å². The summed E-state index contributed by atoms with van der Waals surface area (Å²) in [4.78, 5) is 23.8. The van der Waals surface area contributed by atoms with E-state index in [1.54, 1.807) is 24.3 Å². The molecule has 3 rings (SSSR count). The Kier molecular flexibility index (Phi) is 5.55. The Labute approximate surface area is 153 Å². The molecule has 0 unspecified atom stereocenters. The molecule has 0 radical (unpaired) electrons. The number of aryl methyl sites for hydroxylation is 1. The zero-order valence-corrected chi connectivity index (χ0v) is 15.4. The molecule has 0 saturated heterocycles. The number of benzene rings is 1. The Morgan fingerprint density at radius 2 is 1.85 bits per heavy atom. The number of nitrogens with one attached hydrogen (secondary N) is 1. The molecule has 0 atom stereocenters. The number of anilines is 2. The summed E-state index contributed by atoms with van der Waals surface area (Å²) in [5.74, 6) is 1.63. The summed E-state index contributed by atoms with van der Waals surface area (Å²) in [6, 6.07) is 7.00. The third kappa shape index (κ3) is 4.04. The van der Waals surface area contributed by atoms with Crippen molar-refractivity contribution in [3.05, 3.63) is 35.7 Å². The van der Waals surface area contributed by atoms with Crippen molar-refractivity contribution in [2.45, 2.75) is 33.6 Å². The molecule has 2 heterocycles. The van der Waals surface area contributed by atoms with Crippen molar-refractivity contribution in [2.75, 3.05) is 30.1 Å². The van der Waals surface area contributed by atoms with E-state index in [0.29, 0.717) is 28.8 Å². The van der Waals surface area contributed by atoms with E-state index < -0.39 is 0 Å². The number of nitrogens with zero attached hydrogens (tertiary/aromatic N) is 3. The van der Waals surface area contributed by atoms with Gasteiger partial charge < -0.3 is 19.7 Å². The monoisotopic (exact) mass is 356 g/mol. The van der Waals surface area contributed by atoms with Crippen LogP contribution in [0.25, 0.3) is 0 Å². The fourth-order valence-corrected chi connectivity index (χ4v) is 2.83. The molecule has 2 aromatic rings. The van der Waals surface area contributed by atoms with Crippen LogP contribution in [0.1, 0.15) is 42.9 Å². The number of rotatable bonds is 7. The second-order valence-electron chi connectivity index (χ2n) is 6.20. The molecule has 0 aliphatic carbocycles. The van der Waals surface area contributed by atoms with E-state index in [1.807, 2.05) is 6.92 Å². The van der Waals surface area contributed by atoms with Crippen molar-refractivity contribution in [3.63, 3.8) is 0 Å². The highest BCUT2D eigenvalue weighted by Crippen LogP contribution is 2.34. The van der Waals surface area contributed by atoms with E-state index in [-0.39, 0.29) is 12.7 Å². The molecular weight excluding hydrogens is 332 g/mol. The number of carbonyl (C=O) groups excluding carboxylic acids is 1. The fourth-order valence-electron chi connectivity index (χ4n) is 2.83. The van der Waals surface area contributed by atoms with Gasteiger partial charge in [0.05, 0.1) is 0 Å². The SMILES string of the molecule is CCCN(CCC)c1nc(C)cc(C(=O)Nc2ccc3c(c2)OCO3)n1. The molecule has 1 aliphatic heterocycles. The largest absolute Gasteiger partial charge is 0.454 e. The minimum Gasteiger partial charge on any atom is -0.454 e. The van der Waals surface area contributed by atoms with Gasteiger partial charge in [0.15, 0.2) is 11.5 Å². The van der Waals surface area contributed by atoms with Crippen LogP contribution in [0, 0.1) is 6.92 Å². The van der Waals surface area contributed by atoms with Crippen molar-refractivity contribution < 1.29 is 14.3 Å². The summed E-state index contributed by atoms with van der Waals surface area (Å²) in [6.07, 6.45) is 1.99. The van der Waals surface area contributed by atoms with Crippen molar-refractivity contribution in [2.24, 2.45) is 0 Å². The first-order valence-corrected chi connectivity index (χ1v) is 8.92. The maximum Gasteiger partial charge on any atom is 0.274 e. The van der Waals surface area contributed by atoms with Crippen LogP contribution in [0.15, 0.2) is 24.3 Å². The number of aromatic nitrogens is 2. The van der Waals surface area contributed by atoms with Gasteiger partial charge in [0, 0.05) is 30.5 Å². The van der Waals surface area contributed by atoms with E-state index >= 15 is 0 Å². The van der Waals surface area contributed by atoms with Crippen LogP contribution < -0.4 is 19.7 Å². The van der Waals surface area contributed by atoms with Gasteiger partial charge in [-0.1, -0.05) is 13.8 Å². The Morgan fingerprint density at radius 1 is 1.12 bits per heavy atom. The molecule has 1 N–H and O–H groups in total. The average molecular weight is 356 g/mol. The lowest BCUT2D eigenvalue weighted by Crippen LogP contribution is -2.28. The van der Waals surface area contributed by atoms with Crippen LogP contribution in [0.5, 0.6) is 11.5 Å². The first-order valence-electron chi connectivity index (χ1n) is 8.92. The molecule has 138 valence electrons. The van der Waals surface area contributed by atoms with Gasteiger partial charge in [-0.2, -0.15) is 0 Å². The van der Waals surface area contributed by atoms with Gasteiger partial charge in [-0.3, -0.25) is 4.79 Å². The smallest absolute Gasteiger partial charge is 0.274 e. The number of ether oxygens (including phenoxy) is 2. The molecule has 7 nitrogen and oxygen atoms in total. The summed E-state index contributed by atoms with van der Waals surface area (Å²) in [5.41, 5.74) is 1.75. The number of fused-ring (bicyclic) bond motifs is 1. The van der Waals surface area contributed by atoms with Gasteiger partial charge in [-0.05, 0) is 38.0 Å². The van der Waals surface area contributed by atoms with Gasteiger partial charge in [0.1, 0.15) is 5.69 Å². The lowest BCUT2D eigenvalue weighted by Gasteiger charge is -2.22. The van der Waals surface area contributed by atoms with Crippen molar-refractivity contribution in [3.8, 4) is 11.5 Å². The molecule has 1 amide bonds. The molecule has 26 heavy (non-hydrogen) atoms. The summed E-state index contributed by atoms with van der Waals surface area (Å²) >= 11 is 0. The predicted octanol–water partition coefficient (Wildman–Crippen LogP) is 3.39. The summed E-state index contributed by atoms with van der Waals surface area (Å²) in [7, 11) is 0. The molecule has 1 aliphatic rings. The molecule has 0 saturated carbocycles. The minimum atomic E-state index is -0.274. The van der Waals surface area contributed by atoms with E-state index in [1.165, 1.54) is 0 Å². The third-order valence-corrected chi connectivity index (χ3v) is 3.98. The first kappa shape index (κ1) is 18.0. The maximum absolute atomic E-state index is 12.7. The summed E-state index contributed by atoms with van der Waals surface area (Å²) in [5, 5.41) is 2.86. The van der Waals surface area contributed by atoms with Gasteiger partial charge in [-0.15, -0.1) is 0 Å². The van der Waals surface area contributed by atoms with Crippen LogP contribution in [0.4, 0.5) is 11.6 Å². The predicted molar refractivity (Wildman–Crippen MR) is 100 cm³/mol. The van der Waals surface area contributed by atoms with Gasteiger partial charge in [-0.25, -0.2) is 9.97 Å². The van der Waals surface area contributed by atoms with Crippen LogP contribution in [0.2, 0.25) is 0 Å². The number of hydrogen-bond acceptors (Lipinski definition) is 6. The van der Waals surface area contributed by atoms with E-state index in [2.05, 4.69) is 34.0 Å². The van der Waals surface area contributed by atoms with Gasteiger partial charge in [0.25, 0.3) is 5.91 Å². The molecule has 1 aromatic heterocycles. The van der Waals surface area contributed by atoms with Crippen molar-refractivity contribution in [1.29, 1.82) is 0 Å². The zero-order valence-electron chi connectivity index (χ0n) is 15.4. The third-order valence-electron chi connectivity index (χ3n) is 3.98. The van der Waals surface area contributed by atoms with Crippen molar-refractivity contribution in [1.82, 2.24) is 9.97 Å². The quantitative estimate of drug-likeness (QED) is 0.819. The van der Waals surface area contributed by atoms with E-state index in [0.717, 1.165) is 31.6 Å². The zero-order chi connectivity index (χ0) is 18.5. The van der Waals surface area contributed by atoms with Crippen LogP contribution >= 0.6 is 0 Å². The summed E-state index contributed by atoms with van der Waals surface area (Å²) in [6.45, 7) is 8.03. The lowest BCUT2D eigenvalue weighted by atomic mass is 10.2. The van der Waals surface area contributed by atoms with E-state index in [9.17, 15) is 4.79 Å². The molecule has 0 spiro atoms. The van der Waals surface area contributed by atoms with Crippen LogP contribution in [0.3, 0.4) is 0 Å². The number of hydrogen-bond donors (Lipinski definition) is 1. The summed E-state index contributed by atoms with van der Waals surface area (Å²) < 4.78 is 10.6. The highest BCUT2D eigenvalue weighted by atomic mass is 16.7. The maximum atomic E-state index is 12.7. The highest BCUT2D eigenvalue weighted by molar-refractivity contribution is 6.03. The standard InChI is InChI=1S/C19H24N4O3/c1-4-8-23(9-5-2)19-20-13(3)10-15(22-19)18(24)21-14-6-7-16-17(11-14)26-12-25-16/h6-7,10-11H,4-5,8-9,12H2,1-3H3,(H,21,24). The Balaban J connectivity index is 1.80. The Bertz CT molecular complexity index is 788. The molecule has 0 fully saturated rings. The Hall–Kier alpha value is -2.83. The van der Waals surface area contributed by atoms with Gasteiger partial charge >= 0.3 is 0 Å². The topological polar surface area (TPSA) is 76.6 Å². The lowest BCUT2D eigenvalue weighted by molar-refractivity contribution is 0.102. The highest BCUT2D eigenvalue weighted by Gasteiger charge is 2.17. The molecule has 7 heteroatoms. The van der Waals surface area contributed by atoms with E-state index in [4.69, 9.17) is 9.47 Å². The second-order valence-corrected chi connectivity index (χ2v) is 6.20. The Morgan fingerprint density at radius 3 is 2.58 bits per heavy atom. The van der Waals surface area contributed by atoms with Crippen molar-refractivity contribution >= 4 is 17.5 Å². The fraction of sp³-hybridized carbons (Fsp3) is 0.421.